The van der Waals surface area contributed by atoms with Gasteiger partial charge in [-0.15, -0.1) is 0 Å². The molecule has 0 aliphatic heterocycles. The van der Waals surface area contributed by atoms with E-state index in [1.807, 2.05) is 48.5 Å². The number of hydrogen-bond acceptors (Lipinski definition) is 8. The molecule has 0 aliphatic rings. The molecule has 5 aromatic rings. The van der Waals surface area contributed by atoms with Crippen LogP contribution in [0.3, 0.4) is 0 Å². The second kappa shape index (κ2) is 10.3. The second-order valence-corrected chi connectivity index (χ2v) is 8.27. The maximum atomic E-state index is 13.1. The summed E-state index contributed by atoms with van der Waals surface area (Å²) in [7, 11) is 5.03. The molecular formula is C27H25N7O3. The number of fused-ring (bicyclic) bond motifs is 1. The van der Waals surface area contributed by atoms with Gasteiger partial charge < -0.3 is 19.7 Å². The SMILES string of the molecule is COc1cc(OC)cc(N(CC(=O)Nc2ccncc2)c2ccc3ncc(-c4cnn(C)c4)nc3c2)c1. The average Bonchev–Trinajstić information content (AvgIpc) is 3.37. The molecule has 0 unspecified atom stereocenters. The Morgan fingerprint density at radius 1 is 0.946 bits per heavy atom. The van der Waals surface area contributed by atoms with E-state index in [9.17, 15) is 4.79 Å². The van der Waals surface area contributed by atoms with Crippen LogP contribution >= 0.6 is 0 Å². The first-order valence-electron chi connectivity index (χ1n) is 11.5. The summed E-state index contributed by atoms with van der Waals surface area (Å²) in [6, 6.07) is 14.7. The minimum atomic E-state index is -0.205. The molecule has 2 aromatic carbocycles. The smallest absolute Gasteiger partial charge is 0.244 e. The Balaban J connectivity index is 1.56. The predicted octanol–water partition coefficient (Wildman–Crippen LogP) is 4.22. The van der Waals surface area contributed by atoms with E-state index in [0.29, 0.717) is 28.4 Å². The molecular weight excluding hydrogens is 470 g/mol. The molecule has 1 amide bonds. The number of carbonyl (C=O) groups excluding carboxylic acids is 1. The predicted molar refractivity (Wildman–Crippen MR) is 141 cm³/mol. The first-order chi connectivity index (χ1) is 18.0. The Morgan fingerprint density at radius 3 is 2.38 bits per heavy atom. The number of anilines is 3. The van der Waals surface area contributed by atoms with Crippen LogP contribution < -0.4 is 19.7 Å². The summed E-state index contributed by atoms with van der Waals surface area (Å²) in [5.41, 5.74) is 5.14. The molecule has 0 bridgehead atoms. The standard InChI is InChI=1S/C27H25N7O3/c1-33-16-18(14-30-33)26-15-29-24-5-4-20(12-25(24)32-26)34(17-27(35)31-19-6-8-28-9-7-19)21-10-22(36-2)13-23(11-21)37-3/h4-16H,17H2,1-3H3,(H,28,31,35). The fraction of sp³-hybridized carbons (Fsp3) is 0.148. The molecule has 10 nitrogen and oxygen atoms in total. The van der Waals surface area contributed by atoms with E-state index in [-0.39, 0.29) is 12.5 Å². The van der Waals surface area contributed by atoms with Crippen LogP contribution in [0.2, 0.25) is 0 Å². The molecule has 0 atom stereocenters. The number of pyridine rings is 1. The Bertz CT molecular complexity index is 1530. The molecule has 10 heteroatoms. The molecule has 0 saturated heterocycles. The number of ether oxygens (including phenoxy) is 2. The number of aromatic nitrogens is 5. The van der Waals surface area contributed by atoms with Gasteiger partial charge in [-0.1, -0.05) is 0 Å². The molecule has 0 saturated carbocycles. The summed E-state index contributed by atoms with van der Waals surface area (Å²) >= 11 is 0. The largest absolute Gasteiger partial charge is 0.497 e. The Kier molecular flexibility index (Phi) is 6.62. The van der Waals surface area contributed by atoms with Gasteiger partial charge in [0.05, 0.1) is 43.3 Å². The Labute approximate surface area is 213 Å². The number of nitrogens with one attached hydrogen (secondary N) is 1. The highest BCUT2D eigenvalue weighted by atomic mass is 16.5. The van der Waals surface area contributed by atoms with E-state index in [4.69, 9.17) is 14.5 Å². The van der Waals surface area contributed by atoms with Gasteiger partial charge in [-0.3, -0.25) is 19.4 Å². The molecule has 1 N–H and O–H groups in total. The van der Waals surface area contributed by atoms with Crippen molar-refractivity contribution in [1.29, 1.82) is 0 Å². The van der Waals surface area contributed by atoms with Crippen LogP contribution in [-0.2, 0) is 11.8 Å². The molecule has 3 heterocycles. The number of methoxy groups -OCH3 is 2. The molecule has 0 fully saturated rings. The van der Waals surface area contributed by atoms with Gasteiger partial charge in [0, 0.05) is 66.5 Å². The highest BCUT2D eigenvalue weighted by molar-refractivity contribution is 5.96. The fourth-order valence-corrected chi connectivity index (χ4v) is 3.92. The number of carbonyl (C=O) groups is 1. The Morgan fingerprint density at radius 2 is 1.70 bits per heavy atom. The lowest BCUT2D eigenvalue weighted by atomic mass is 10.2. The Hall–Kier alpha value is -4.99. The van der Waals surface area contributed by atoms with Crippen LogP contribution in [0.5, 0.6) is 11.5 Å². The number of nitrogens with zero attached hydrogens (tertiary/aromatic N) is 6. The van der Waals surface area contributed by atoms with Crippen molar-refractivity contribution in [3.05, 3.63) is 79.5 Å². The van der Waals surface area contributed by atoms with Crippen LogP contribution in [0.4, 0.5) is 17.1 Å². The van der Waals surface area contributed by atoms with Crippen LogP contribution in [0.1, 0.15) is 0 Å². The van der Waals surface area contributed by atoms with Crippen molar-refractivity contribution >= 4 is 34.0 Å². The normalized spacial score (nSPS) is 10.8. The average molecular weight is 496 g/mol. The van der Waals surface area contributed by atoms with Crippen molar-refractivity contribution in [3.63, 3.8) is 0 Å². The maximum absolute atomic E-state index is 13.1. The zero-order valence-corrected chi connectivity index (χ0v) is 20.6. The van der Waals surface area contributed by atoms with Crippen molar-refractivity contribution in [3.8, 4) is 22.8 Å². The molecule has 186 valence electrons. The van der Waals surface area contributed by atoms with Crippen LogP contribution in [-0.4, -0.2) is 51.4 Å². The van der Waals surface area contributed by atoms with E-state index in [0.717, 1.165) is 22.5 Å². The van der Waals surface area contributed by atoms with Crippen LogP contribution in [0.15, 0.2) is 79.5 Å². The van der Waals surface area contributed by atoms with E-state index in [2.05, 4.69) is 20.4 Å². The fourth-order valence-electron chi connectivity index (χ4n) is 3.92. The lowest BCUT2D eigenvalue weighted by Crippen LogP contribution is -2.29. The number of hydrogen-bond donors (Lipinski definition) is 1. The van der Waals surface area contributed by atoms with Gasteiger partial charge in [-0.2, -0.15) is 5.10 Å². The van der Waals surface area contributed by atoms with Gasteiger partial charge >= 0.3 is 0 Å². The summed E-state index contributed by atoms with van der Waals surface area (Å²) in [5, 5.41) is 7.15. The minimum Gasteiger partial charge on any atom is -0.497 e. The van der Waals surface area contributed by atoms with Gasteiger partial charge in [0.25, 0.3) is 0 Å². The quantitative estimate of drug-likeness (QED) is 0.341. The monoisotopic (exact) mass is 495 g/mol. The van der Waals surface area contributed by atoms with Crippen molar-refractivity contribution in [1.82, 2.24) is 24.7 Å². The third-order valence-corrected chi connectivity index (χ3v) is 5.75. The summed E-state index contributed by atoms with van der Waals surface area (Å²) in [6.45, 7) is 0.0277. The summed E-state index contributed by atoms with van der Waals surface area (Å²) in [5.74, 6) is 1.00. The first-order valence-corrected chi connectivity index (χ1v) is 11.5. The zero-order chi connectivity index (χ0) is 25.8. The van der Waals surface area contributed by atoms with Crippen molar-refractivity contribution in [2.24, 2.45) is 7.05 Å². The van der Waals surface area contributed by atoms with Gasteiger partial charge in [-0.05, 0) is 30.3 Å². The molecule has 37 heavy (non-hydrogen) atoms. The summed E-state index contributed by atoms with van der Waals surface area (Å²) in [6.07, 6.45) is 8.62. The summed E-state index contributed by atoms with van der Waals surface area (Å²) in [4.78, 5) is 28.4. The van der Waals surface area contributed by atoms with Gasteiger partial charge in [-0.25, -0.2) is 4.98 Å². The van der Waals surface area contributed by atoms with Gasteiger partial charge in [0.2, 0.25) is 5.91 Å². The number of aryl methyl sites for hydroxylation is 1. The molecule has 5 rings (SSSR count). The lowest BCUT2D eigenvalue weighted by Gasteiger charge is -2.25. The van der Waals surface area contributed by atoms with Crippen molar-refractivity contribution < 1.29 is 14.3 Å². The number of amides is 1. The maximum Gasteiger partial charge on any atom is 0.244 e. The molecule has 0 aliphatic carbocycles. The van der Waals surface area contributed by atoms with E-state index >= 15 is 0 Å². The molecule has 0 spiro atoms. The van der Waals surface area contributed by atoms with Gasteiger partial charge in [0.1, 0.15) is 18.0 Å². The third kappa shape index (κ3) is 5.32. The number of benzene rings is 2. The van der Waals surface area contributed by atoms with Crippen molar-refractivity contribution in [2.45, 2.75) is 0 Å². The van der Waals surface area contributed by atoms with E-state index < -0.39 is 0 Å². The first kappa shape index (κ1) is 23.7. The molecule has 3 aromatic heterocycles. The highest BCUT2D eigenvalue weighted by Crippen LogP contribution is 2.34. The van der Waals surface area contributed by atoms with Crippen LogP contribution in [0, 0.1) is 0 Å². The van der Waals surface area contributed by atoms with E-state index in [1.54, 1.807) is 61.9 Å². The van der Waals surface area contributed by atoms with Gasteiger partial charge in [0.15, 0.2) is 0 Å². The molecule has 0 radical (unpaired) electrons. The van der Waals surface area contributed by atoms with E-state index in [1.165, 1.54) is 0 Å². The zero-order valence-electron chi connectivity index (χ0n) is 20.6. The minimum absolute atomic E-state index is 0.0277. The summed E-state index contributed by atoms with van der Waals surface area (Å²) < 4.78 is 12.7. The highest BCUT2D eigenvalue weighted by Gasteiger charge is 2.18. The lowest BCUT2D eigenvalue weighted by molar-refractivity contribution is -0.114. The number of rotatable bonds is 8. The second-order valence-electron chi connectivity index (χ2n) is 8.27. The van der Waals surface area contributed by atoms with Crippen molar-refractivity contribution in [2.75, 3.05) is 31.0 Å². The van der Waals surface area contributed by atoms with Crippen LogP contribution in [0.25, 0.3) is 22.3 Å². The third-order valence-electron chi connectivity index (χ3n) is 5.75. The topological polar surface area (TPSA) is 107 Å².